The molecule has 0 aliphatic heterocycles. The van der Waals surface area contributed by atoms with E-state index in [0.717, 1.165) is 32.1 Å². The molecule has 0 bridgehead atoms. The van der Waals surface area contributed by atoms with E-state index in [0.29, 0.717) is 35.5 Å². The van der Waals surface area contributed by atoms with Gasteiger partial charge in [0.15, 0.2) is 5.52 Å². The summed E-state index contributed by atoms with van der Waals surface area (Å²) < 4.78 is 4.72. The number of nitro groups is 1. The zero-order chi connectivity index (χ0) is 33.7. The molecule has 4 fully saturated rings. The van der Waals surface area contributed by atoms with Crippen LogP contribution in [0.5, 0.6) is 0 Å². The third-order valence-electron chi connectivity index (χ3n) is 13.2. The molecular weight excluding hydrogens is 606 g/mol. The number of carboxylic acid groups (broad SMARTS) is 2. The minimum atomic E-state index is -1.15. The molecule has 4 N–H and O–H groups in total. The molecule has 13 heteroatoms. The van der Waals surface area contributed by atoms with Gasteiger partial charge < -0.3 is 20.8 Å². The lowest BCUT2D eigenvalue weighted by Crippen LogP contribution is -2.56. The molecule has 4 aliphatic carbocycles. The first-order chi connectivity index (χ1) is 22.3. The smallest absolute Gasteiger partial charge is 0.305 e. The number of nitro benzene ring substituents is 1. The number of nitrogens with zero attached hydrogens (tertiary/aromatic N) is 3. The number of fused-ring (bicyclic) bond motifs is 6. The number of aliphatic carboxylic acids is 2. The molecule has 6 rings (SSSR count). The Morgan fingerprint density at radius 1 is 1.00 bits per heavy atom. The van der Waals surface area contributed by atoms with Gasteiger partial charge in [-0.2, -0.15) is 0 Å². The Bertz CT molecular complexity index is 1550. The molecule has 2 aromatic rings. The van der Waals surface area contributed by atoms with Crippen molar-refractivity contribution in [3.63, 3.8) is 0 Å². The quantitative estimate of drug-likeness (QED) is 0.163. The normalized spacial score (nSPS) is 34.4. The van der Waals surface area contributed by atoms with E-state index in [2.05, 4.69) is 41.7 Å². The van der Waals surface area contributed by atoms with Crippen molar-refractivity contribution in [1.82, 2.24) is 15.6 Å². The lowest BCUT2D eigenvalue weighted by atomic mass is 9.44. The number of aromatic nitrogens is 2. The standard InChI is InChI=1S/C34H47N5O8/c1-18(4-11-28(40)41)22-7-8-23-21-6-5-19-16-20(12-14-33(19,2)24(21)13-15-34(22,23)3)35-32(44)26(17-29(42)43)36-25-9-10-27(39(45)46)31-30(25)37-47-38-31/h9-10,18-24,26,36H,4-8,11-17H2,1-3H3,(H,35,44)(H,40,41)(H,42,43)/t18?,19-,20-,21?,22?,23?,24?,26?,33+,34-/m1/s1. The minimum Gasteiger partial charge on any atom is -0.481 e. The molecule has 1 aromatic heterocycles. The number of nitrogens with one attached hydrogen (secondary N) is 2. The molecule has 1 amide bonds. The number of amides is 1. The summed E-state index contributed by atoms with van der Waals surface area (Å²) in [4.78, 5) is 47.3. The van der Waals surface area contributed by atoms with Crippen LogP contribution in [0.25, 0.3) is 11.0 Å². The molecule has 10 atom stereocenters. The Morgan fingerprint density at radius 2 is 1.72 bits per heavy atom. The molecule has 4 aliphatic rings. The van der Waals surface area contributed by atoms with E-state index in [1.165, 1.54) is 44.2 Å². The van der Waals surface area contributed by atoms with Gasteiger partial charge in [-0.05, 0) is 127 Å². The number of carbonyl (C=O) groups is 3. The number of carboxylic acids is 2. The first-order valence-electron chi connectivity index (χ1n) is 17.2. The number of non-ortho nitro benzene ring substituents is 1. The van der Waals surface area contributed by atoms with Gasteiger partial charge in [0.25, 0.3) is 0 Å². The monoisotopic (exact) mass is 653 g/mol. The number of hydrogen-bond acceptors (Lipinski definition) is 9. The van der Waals surface area contributed by atoms with Crippen molar-refractivity contribution >= 4 is 40.3 Å². The molecule has 1 heterocycles. The fraction of sp³-hybridized carbons (Fsp3) is 0.735. The summed E-state index contributed by atoms with van der Waals surface area (Å²) in [5.41, 5.74) is 0.377. The van der Waals surface area contributed by atoms with E-state index in [1.807, 2.05) is 0 Å². The van der Waals surface area contributed by atoms with Crippen molar-refractivity contribution < 1.29 is 34.1 Å². The topological polar surface area (TPSA) is 198 Å². The second-order valence-electron chi connectivity index (χ2n) is 15.4. The summed E-state index contributed by atoms with van der Waals surface area (Å²) in [6, 6.07) is 1.42. The van der Waals surface area contributed by atoms with E-state index in [9.17, 15) is 34.7 Å². The zero-order valence-electron chi connectivity index (χ0n) is 27.4. The maximum absolute atomic E-state index is 13.6. The van der Waals surface area contributed by atoms with Crippen molar-refractivity contribution in [1.29, 1.82) is 0 Å². The highest BCUT2D eigenvalue weighted by Crippen LogP contribution is 2.68. The van der Waals surface area contributed by atoms with Crippen LogP contribution in [0, 0.1) is 56.5 Å². The second kappa shape index (κ2) is 12.7. The molecule has 0 saturated heterocycles. The number of benzene rings is 1. The molecule has 1 aromatic carbocycles. The summed E-state index contributed by atoms with van der Waals surface area (Å²) >= 11 is 0. The van der Waals surface area contributed by atoms with E-state index >= 15 is 0 Å². The molecule has 256 valence electrons. The van der Waals surface area contributed by atoms with Crippen LogP contribution in [0.4, 0.5) is 11.4 Å². The Kier molecular flexibility index (Phi) is 8.94. The van der Waals surface area contributed by atoms with Crippen LogP contribution in [-0.4, -0.2) is 55.4 Å². The lowest BCUT2D eigenvalue weighted by Gasteiger charge is -2.61. The Hall–Kier alpha value is -3.77. The van der Waals surface area contributed by atoms with Gasteiger partial charge >= 0.3 is 17.6 Å². The summed E-state index contributed by atoms with van der Waals surface area (Å²) in [6.45, 7) is 7.22. The Labute approximate surface area is 273 Å². The lowest BCUT2D eigenvalue weighted by molar-refractivity contribution is -0.383. The van der Waals surface area contributed by atoms with Crippen molar-refractivity contribution in [3.8, 4) is 0 Å². The number of hydrogen-bond donors (Lipinski definition) is 4. The van der Waals surface area contributed by atoms with E-state index < -0.39 is 35.2 Å². The molecule has 4 saturated carbocycles. The average molecular weight is 654 g/mol. The highest BCUT2D eigenvalue weighted by molar-refractivity contribution is 5.96. The first kappa shape index (κ1) is 33.1. The van der Waals surface area contributed by atoms with Crippen LogP contribution in [0.1, 0.15) is 97.8 Å². The van der Waals surface area contributed by atoms with E-state index in [-0.39, 0.29) is 45.7 Å². The molecule has 13 nitrogen and oxygen atoms in total. The number of rotatable bonds is 11. The van der Waals surface area contributed by atoms with Gasteiger partial charge in [-0.15, -0.1) is 0 Å². The number of anilines is 1. The van der Waals surface area contributed by atoms with E-state index in [1.54, 1.807) is 0 Å². The summed E-state index contributed by atoms with van der Waals surface area (Å²) in [5.74, 6) is 1.20. The van der Waals surface area contributed by atoms with Gasteiger partial charge in [0.05, 0.1) is 17.0 Å². The number of carbonyl (C=O) groups excluding carboxylic acids is 1. The van der Waals surface area contributed by atoms with Crippen LogP contribution in [0.2, 0.25) is 0 Å². The fourth-order valence-corrected chi connectivity index (χ4v) is 10.9. The largest absolute Gasteiger partial charge is 0.481 e. The third-order valence-corrected chi connectivity index (χ3v) is 13.2. The van der Waals surface area contributed by atoms with Gasteiger partial charge in [-0.1, -0.05) is 20.8 Å². The van der Waals surface area contributed by atoms with Gasteiger partial charge in [-0.25, -0.2) is 4.63 Å². The van der Waals surface area contributed by atoms with Crippen molar-refractivity contribution in [2.75, 3.05) is 5.32 Å². The molecule has 0 spiro atoms. The van der Waals surface area contributed by atoms with Gasteiger partial charge in [-0.3, -0.25) is 24.5 Å². The highest BCUT2D eigenvalue weighted by atomic mass is 16.6. The van der Waals surface area contributed by atoms with Crippen LogP contribution in [-0.2, 0) is 14.4 Å². The molecule has 0 radical (unpaired) electrons. The minimum absolute atomic E-state index is 0.0551. The Morgan fingerprint density at radius 3 is 2.45 bits per heavy atom. The summed E-state index contributed by atoms with van der Waals surface area (Å²) in [5, 5.41) is 43.7. The van der Waals surface area contributed by atoms with Crippen LogP contribution >= 0.6 is 0 Å². The summed E-state index contributed by atoms with van der Waals surface area (Å²) in [7, 11) is 0. The second-order valence-corrected chi connectivity index (χ2v) is 15.4. The van der Waals surface area contributed by atoms with Crippen LogP contribution in [0.3, 0.4) is 0 Å². The average Bonchev–Trinajstić information content (AvgIpc) is 3.64. The zero-order valence-corrected chi connectivity index (χ0v) is 27.4. The molecule has 47 heavy (non-hydrogen) atoms. The van der Waals surface area contributed by atoms with Crippen molar-refractivity contribution in [2.24, 2.45) is 46.3 Å². The van der Waals surface area contributed by atoms with E-state index in [4.69, 9.17) is 4.63 Å². The predicted molar refractivity (Wildman–Crippen MR) is 171 cm³/mol. The first-order valence-corrected chi connectivity index (χ1v) is 17.2. The van der Waals surface area contributed by atoms with Crippen LogP contribution < -0.4 is 10.6 Å². The Balaban J connectivity index is 1.11. The van der Waals surface area contributed by atoms with Gasteiger partial charge in [0, 0.05) is 18.5 Å². The predicted octanol–water partition coefficient (Wildman–Crippen LogP) is 6.03. The fourth-order valence-electron chi connectivity index (χ4n) is 10.9. The van der Waals surface area contributed by atoms with Gasteiger partial charge in [0.2, 0.25) is 11.4 Å². The summed E-state index contributed by atoms with van der Waals surface area (Å²) in [6.07, 6.45) is 10.4. The SMILES string of the molecule is CC(CCC(=O)O)C1CCC2C3CC[C@@H]4C[C@H](NC(=O)C(CC(=O)O)Nc5ccc([N+](=O)[O-])c6nonc56)CC[C@]4(C)C3CC[C@]12C. The third kappa shape index (κ3) is 6.06. The van der Waals surface area contributed by atoms with Crippen molar-refractivity contribution in [3.05, 3.63) is 22.2 Å². The van der Waals surface area contributed by atoms with Gasteiger partial charge in [0.1, 0.15) is 6.04 Å². The highest BCUT2D eigenvalue weighted by Gasteiger charge is 2.60. The maximum atomic E-state index is 13.6. The maximum Gasteiger partial charge on any atom is 0.305 e. The van der Waals surface area contributed by atoms with Crippen molar-refractivity contribution in [2.45, 2.75) is 110 Å². The molecular formula is C34H47N5O8. The molecule has 6 unspecified atom stereocenters. The van der Waals surface area contributed by atoms with Crippen LogP contribution in [0.15, 0.2) is 16.8 Å².